The summed E-state index contributed by atoms with van der Waals surface area (Å²) in [7, 11) is -3.80. The fourth-order valence-corrected chi connectivity index (χ4v) is 5.39. The SMILES string of the molecule is Nc1c(S(=O)(=O)NCC2CCCO2)c2nccnc2n1C1CCCCC1. The van der Waals surface area contributed by atoms with Crippen LogP contribution in [0.15, 0.2) is 17.3 Å². The van der Waals surface area contributed by atoms with Crippen LogP contribution in [0.1, 0.15) is 51.0 Å². The Morgan fingerprint density at radius 2 is 1.92 bits per heavy atom. The molecule has 0 radical (unpaired) electrons. The van der Waals surface area contributed by atoms with Crippen LogP contribution in [0, 0.1) is 0 Å². The molecule has 2 aromatic heterocycles. The van der Waals surface area contributed by atoms with Crippen LogP contribution in [-0.2, 0) is 14.8 Å². The number of ether oxygens (including phenoxy) is 1. The van der Waals surface area contributed by atoms with E-state index < -0.39 is 10.0 Å². The van der Waals surface area contributed by atoms with Crippen LogP contribution in [0.25, 0.3) is 11.2 Å². The molecule has 3 N–H and O–H groups in total. The highest BCUT2D eigenvalue weighted by Gasteiger charge is 2.31. The summed E-state index contributed by atoms with van der Waals surface area (Å²) in [6, 6.07) is 0.171. The van der Waals surface area contributed by atoms with Gasteiger partial charge in [0.05, 0.1) is 6.10 Å². The molecule has 26 heavy (non-hydrogen) atoms. The number of anilines is 1. The Hall–Kier alpha value is -1.71. The number of sulfonamides is 1. The molecule has 1 saturated carbocycles. The second-order valence-corrected chi connectivity index (χ2v) is 8.80. The molecule has 4 rings (SSSR count). The van der Waals surface area contributed by atoms with Crippen molar-refractivity contribution in [2.75, 3.05) is 18.9 Å². The minimum absolute atomic E-state index is 0.0455. The summed E-state index contributed by atoms with van der Waals surface area (Å²) >= 11 is 0. The zero-order chi connectivity index (χ0) is 18.1. The number of hydrogen-bond acceptors (Lipinski definition) is 6. The van der Waals surface area contributed by atoms with Crippen LogP contribution >= 0.6 is 0 Å². The summed E-state index contributed by atoms with van der Waals surface area (Å²) in [6.45, 7) is 0.930. The predicted molar refractivity (Wildman–Crippen MR) is 98.2 cm³/mol. The Morgan fingerprint density at radius 3 is 2.65 bits per heavy atom. The standard InChI is InChI=1S/C17H25N5O3S/c18-16-15(26(23,24)21-11-13-7-4-10-25-13)14-17(20-9-8-19-14)22(16)12-5-2-1-3-6-12/h8-9,12-13,21H,1-7,10-11,18H2. The largest absolute Gasteiger partial charge is 0.384 e. The molecule has 0 aromatic carbocycles. The molecule has 1 unspecified atom stereocenters. The quantitative estimate of drug-likeness (QED) is 0.821. The first kappa shape index (κ1) is 17.7. The van der Waals surface area contributed by atoms with E-state index in [0.717, 1.165) is 38.5 Å². The number of fused-ring (bicyclic) bond motifs is 1. The molecule has 8 nitrogen and oxygen atoms in total. The second-order valence-electron chi connectivity index (χ2n) is 7.09. The van der Waals surface area contributed by atoms with E-state index in [-0.39, 0.29) is 29.4 Å². The van der Waals surface area contributed by atoms with Gasteiger partial charge >= 0.3 is 0 Å². The molecule has 1 aliphatic carbocycles. The summed E-state index contributed by atoms with van der Waals surface area (Å²) in [4.78, 5) is 8.73. The number of rotatable bonds is 5. The summed E-state index contributed by atoms with van der Waals surface area (Å²) in [5, 5.41) is 0. The van der Waals surface area contributed by atoms with Gasteiger partial charge < -0.3 is 15.0 Å². The maximum Gasteiger partial charge on any atom is 0.246 e. The van der Waals surface area contributed by atoms with Gasteiger partial charge in [-0.05, 0) is 25.7 Å². The van der Waals surface area contributed by atoms with Gasteiger partial charge in [0.1, 0.15) is 11.3 Å². The Morgan fingerprint density at radius 1 is 1.15 bits per heavy atom. The van der Waals surface area contributed by atoms with Crippen molar-refractivity contribution in [3.63, 3.8) is 0 Å². The van der Waals surface area contributed by atoms with E-state index in [1.807, 2.05) is 4.57 Å². The van der Waals surface area contributed by atoms with Crippen molar-refractivity contribution < 1.29 is 13.2 Å². The average molecular weight is 379 g/mol. The maximum absolute atomic E-state index is 13.0. The van der Waals surface area contributed by atoms with Crippen molar-refractivity contribution in [3.05, 3.63) is 12.4 Å². The zero-order valence-electron chi connectivity index (χ0n) is 14.7. The lowest BCUT2D eigenvalue weighted by Gasteiger charge is -2.24. The fourth-order valence-electron chi connectivity index (χ4n) is 4.07. The first-order chi connectivity index (χ1) is 12.6. The van der Waals surface area contributed by atoms with Gasteiger partial charge in [0.2, 0.25) is 10.0 Å². The van der Waals surface area contributed by atoms with Gasteiger partial charge in [-0.25, -0.2) is 23.1 Å². The highest BCUT2D eigenvalue weighted by atomic mass is 32.2. The van der Waals surface area contributed by atoms with E-state index in [1.54, 1.807) is 6.20 Å². The topological polar surface area (TPSA) is 112 Å². The lowest BCUT2D eigenvalue weighted by atomic mass is 9.95. The molecule has 1 aliphatic heterocycles. The lowest BCUT2D eigenvalue weighted by Crippen LogP contribution is -2.32. The van der Waals surface area contributed by atoms with Crippen LogP contribution in [0.5, 0.6) is 0 Å². The fraction of sp³-hybridized carbons (Fsp3) is 0.647. The summed E-state index contributed by atoms with van der Waals surface area (Å²) < 4.78 is 36.0. The van der Waals surface area contributed by atoms with Crippen LogP contribution in [0.2, 0.25) is 0 Å². The molecule has 2 aromatic rings. The summed E-state index contributed by atoms with van der Waals surface area (Å²) in [5.41, 5.74) is 7.24. The normalized spacial score (nSPS) is 22.2. The lowest BCUT2D eigenvalue weighted by molar-refractivity contribution is 0.114. The third-order valence-corrected chi connectivity index (χ3v) is 6.83. The van der Waals surface area contributed by atoms with Crippen molar-refractivity contribution >= 4 is 27.0 Å². The van der Waals surface area contributed by atoms with Crippen LogP contribution in [0.4, 0.5) is 5.82 Å². The Kier molecular flexibility index (Phi) is 4.85. The van der Waals surface area contributed by atoms with Gasteiger partial charge in [-0.1, -0.05) is 19.3 Å². The first-order valence-electron chi connectivity index (χ1n) is 9.29. The molecule has 0 amide bonds. The predicted octanol–water partition coefficient (Wildman–Crippen LogP) is 1.98. The molecular formula is C17H25N5O3S. The number of aromatic nitrogens is 3. The van der Waals surface area contributed by atoms with E-state index in [4.69, 9.17) is 10.5 Å². The van der Waals surface area contributed by atoms with Gasteiger partial charge in [0.15, 0.2) is 10.5 Å². The number of nitrogens with one attached hydrogen (secondary N) is 1. The third kappa shape index (κ3) is 3.19. The minimum atomic E-state index is -3.80. The summed E-state index contributed by atoms with van der Waals surface area (Å²) in [5.74, 6) is 0.234. The van der Waals surface area contributed by atoms with E-state index in [2.05, 4.69) is 14.7 Å². The van der Waals surface area contributed by atoms with Crippen molar-refractivity contribution in [3.8, 4) is 0 Å². The number of nitrogen functional groups attached to an aromatic ring is 1. The Balaban J connectivity index is 1.73. The van der Waals surface area contributed by atoms with Gasteiger partial charge in [-0.15, -0.1) is 0 Å². The molecule has 142 valence electrons. The molecule has 0 spiro atoms. The number of nitrogens with two attached hydrogens (primary N) is 1. The molecule has 1 atom stereocenters. The monoisotopic (exact) mass is 379 g/mol. The summed E-state index contributed by atoms with van der Waals surface area (Å²) in [6.07, 6.45) is 10.2. The average Bonchev–Trinajstić information content (AvgIpc) is 3.26. The molecule has 0 bridgehead atoms. The second kappa shape index (κ2) is 7.13. The molecule has 2 fully saturated rings. The van der Waals surface area contributed by atoms with Crippen molar-refractivity contribution in [1.82, 2.24) is 19.3 Å². The number of nitrogens with zero attached hydrogens (tertiary/aromatic N) is 3. The highest BCUT2D eigenvalue weighted by Crippen LogP contribution is 2.37. The van der Waals surface area contributed by atoms with Crippen molar-refractivity contribution in [2.24, 2.45) is 0 Å². The van der Waals surface area contributed by atoms with Gasteiger partial charge in [0, 0.05) is 31.6 Å². The molecular weight excluding hydrogens is 354 g/mol. The Bertz CT molecular complexity index is 883. The minimum Gasteiger partial charge on any atom is -0.384 e. The third-order valence-electron chi connectivity index (χ3n) is 5.35. The van der Waals surface area contributed by atoms with Crippen molar-refractivity contribution in [1.29, 1.82) is 0 Å². The maximum atomic E-state index is 13.0. The van der Waals surface area contributed by atoms with Gasteiger partial charge in [0.25, 0.3) is 0 Å². The molecule has 9 heteroatoms. The Labute approximate surface area is 153 Å². The van der Waals surface area contributed by atoms with E-state index in [1.165, 1.54) is 12.6 Å². The van der Waals surface area contributed by atoms with Crippen LogP contribution in [-0.4, -0.2) is 42.2 Å². The van der Waals surface area contributed by atoms with E-state index >= 15 is 0 Å². The van der Waals surface area contributed by atoms with Crippen LogP contribution < -0.4 is 10.5 Å². The smallest absolute Gasteiger partial charge is 0.246 e. The van der Waals surface area contributed by atoms with E-state index in [9.17, 15) is 8.42 Å². The van der Waals surface area contributed by atoms with Crippen LogP contribution in [0.3, 0.4) is 0 Å². The number of hydrogen-bond donors (Lipinski definition) is 2. The van der Waals surface area contributed by atoms with Crippen molar-refractivity contribution in [2.45, 2.75) is 62.0 Å². The zero-order valence-corrected chi connectivity index (χ0v) is 15.5. The van der Waals surface area contributed by atoms with Gasteiger partial charge in [-0.3, -0.25) is 0 Å². The van der Waals surface area contributed by atoms with E-state index in [0.29, 0.717) is 17.8 Å². The highest BCUT2D eigenvalue weighted by molar-refractivity contribution is 7.89. The molecule has 2 aliphatic rings. The molecule has 1 saturated heterocycles. The van der Waals surface area contributed by atoms with Gasteiger partial charge in [-0.2, -0.15) is 0 Å². The first-order valence-corrected chi connectivity index (χ1v) is 10.8. The molecule has 3 heterocycles.